The van der Waals surface area contributed by atoms with Gasteiger partial charge in [0.1, 0.15) is 16.9 Å². The SMILES string of the molecule is Cc1ncc2c(n1)c(C(=O)O)nn2C. The molecule has 2 rings (SSSR count). The van der Waals surface area contributed by atoms with E-state index in [9.17, 15) is 4.79 Å². The Balaban J connectivity index is 2.85. The largest absolute Gasteiger partial charge is 0.476 e. The van der Waals surface area contributed by atoms with Crippen LogP contribution in [0.1, 0.15) is 16.3 Å². The van der Waals surface area contributed by atoms with E-state index in [1.54, 1.807) is 20.2 Å². The van der Waals surface area contributed by atoms with Crippen molar-refractivity contribution < 1.29 is 9.90 Å². The normalized spacial score (nSPS) is 10.7. The molecule has 0 aliphatic rings. The highest BCUT2D eigenvalue weighted by atomic mass is 16.4. The Bertz CT molecular complexity index is 517. The molecule has 0 aromatic carbocycles. The number of hydrogen-bond donors (Lipinski definition) is 1. The van der Waals surface area contributed by atoms with Crippen LogP contribution in [0.15, 0.2) is 6.20 Å². The maximum absolute atomic E-state index is 10.8. The Hall–Kier alpha value is -1.98. The summed E-state index contributed by atoms with van der Waals surface area (Å²) >= 11 is 0. The first kappa shape index (κ1) is 8.61. The summed E-state index contributed by atoms with van der Waals surface area (Å²) in [6, 6.07) is 0. The number of carboxylic acid groups (broad SMARTS) is 1. The van der Waals surface area contributed by atoms with Gasteiger partial charge in [-0.15, -0.1) is 0 Å². The molecule has 72 valence electrons. The first-order chi connectivity index (χ1) is 6.59. The van der Waals surface area contributed by atoms with Crippen molar-refractivity contribution in [2.24, 2.45) is 7.05 Å². The highest BCUT2D eigenvalue weighted by molar-refractivity contribution is 5.98. The molecule has 0 bridgehead atoms. The maximum atomic E-state index is 10.8. The lowest BCUT2D eigenvalue weighted by Gasteiger charge is -1.92. The van der Waals surface area contributed by atoms with E-state index in [1.807, 2.05) is 0 Å². The zero-order chi connectivity index (χ0) is 10.3. The number of aryl methyl sites for hydroxylation is 2. The van der Waals surface area contributed by atoms with Crippen molar-refractivity contribution in [1.29, 1.82) is 0 Å². The Morgan fingerprint density at radius 1 is 1.57 bits per heavy atom. The molecule has 0 aliphatic carbocycles. The lowest BCUT2D eigenvalue weighted by atomic mass is 10.3. The van der Waals surface area contributed by atoms with Crippen LogP contribution in [-0.4, -0.2) is 30.8 Å². The number of nitrogens with zero attached hydrogens (tertiary/aromatic N) is 4. The summed E-state index contributed by atoms with van der Waals surface area (Å²) in [4.78, 5) is 18.8. The van der Waals surface area contributed by atoms with E-state index in [4.69, 9.17) is 5.11 Å². The minimum atomic E-state index is -1.08. The third-order valence-corrected chi connectivity index (χ3v) is 1.92. The molecular weight excluding hydrogens is 184 g/mol. The van der Waals surface area contributed by atoms with E-state index in [1.165, 1.54) is 4.68 Å². The molecule has 0 fully saturated rings. The molecule has 0 saturated heterocycles. The van der Waals surface area contributed by atoms with Gasteiger partial charge in [0.25, 0.3) is 0 Å². The van der Waals surface area contributed by atoms with Crippen LogP contribution < -0.4 is 0 Å². The van der Waals surface area contributed by atoms with Crippen molar-refractivity contribution in [2.75, 3.05) is 0 Å². The first-order valence-corrected chi connectivity index (χ1v) is 3.99. The first-order valence-electron chi connectivity index (χ1n) is 3.99. The van der Waals surface area contributed by atoms with Gasteiger partial charge in [0.15, 0.2) is 5.69 Å². The molecule has 2 heterocycles. The summed E-state index contributed by atoms with van der Waals surface area (Å²) in [5.41, 5.74) is 0.966. The molecule has 6 nitrogen and oxygen atoms in total. The third kappa shape index (κ3) is 1.12. The van der Waals surface area contributed by atoms with Gasteiger partial charge in [-0.2, -0.15) is 5.10 Å². The Morgan fingerprint density at radius 2 is 2.29 bits per heavy atom. The molecule has 2 aromatic rings. The van der Waals surface area contributed by atoms with Crippen LogP contribution in [0.25, 0.3) is 11.0 Å². The molecule has 0 atom stereocenters. The fourth-order valence-electron chi connectivity index (χ4n) is 1.27. The average molecular weight is 192 g/mol. The highest BCUT2D eigenvalue weighted by Gasteiger charge is 2.16. The minimum Gasteiger partial charge on any atom is -0.476 e. The summed E-state index contributed by atoms with van der Waals surface area (Å²) < 4.78 is 1.46. The van der Waals surface area contributed by atoms with E-state index in [2.05, 4.69) is 15.1 Å². The monoisotopic (exact) mass is 192 g/mol. The summed E-state index contributed by atoms with van der Waals surface area (Å²) in [5, 5.41) is 12.7. The molecule has 0 unspecified atom stereocenters. The van der Waals surface area contributed by atoms with Crippen LogP contribution >= 0.6 is 0 Å². The summed E-state index contributed by atoms with van der Waals surface area (Å²) in [6.45, 7) is 1.71. The maximum Gasteiger partial charge on any atom is 0.358 e. The fraction of sp³-hybridized carbons (Fsp3) is 0.250. The van der Waals surface area contributed by atoms with Crippen molar-refractivity contribution in [3.8, 4) is 0 Å². The van der Waals surface area contributed by atoms with Gasteiger partial charge < -0.3 is 5.11 Å². The molecule has 14 heavy (non-hydrogen) atoms. The van der Waals surface area contributed by atoms with Gasteiger partial charge >= 0.3 is 5.97 Å². The lowest BCUT2D eigenvalue weighted by Crippen LogP contribution is -1.99. The fourth-order valence-corrected chi connectivity index (χ4v) is 1.27. The van der Waals surface area contributed by atoms with Gasteiger partial charge in [-0.1, -0.05) is 0 Å². The molecule has 0 amide bonds. The number of carboxylic acids is 1. The van der Waals surface area contributed by atoms with Gasteiger partial charge in [-0.25, -0.2) is 14.8 Å². The van der Waals surface area contributed by atoms with Crippen molar-refractivity contribution in [2.45, 2.75) is 6.92 Å². The highest BCUT2D eigenvalue weighted by Crippen LogP contribution is 2.14. The molecule has 1 N–H and O–H groups in total. The van der Waals surface area contributed by atoms with Crippen molar-refractivity contribution >= 4 is 17.0 Å². The van der Waals surface area contributed by atoms with Crippen LogP contribution in [0, 0.1) is 6.92 Å². The number of rotatable bonds is 1. The van der Waals surface area contributed by atoms with Gasteiger partial charge in [0, 0.05) is 7.05 Å². The van der Waals surface area contributed by atoms with Crippen LogP contribution in [-0.2, 0) is 7.05 Å². The topological polar surface area (TPSA) is 80.9 Å². The minimum absolute atomic E-state index is 0.0343. The van der Waals surface area contributed by atoms with Gasteiger partial charge in [-0.05, 0) is 6.92 Å². The molecule has 2 aromatic heterocycles. The molecule has 0 aliphatic heterocycles. The summed E-state index contributed by atoms with van der Waals surface area (Å²) in [6.07, 6.45) is 1.57. The molecule has 0 radical (unpaired) electrons. The number of aromatic nitrogens is 4. The predicted molar refractivity (Wildman–Crippen MR) is 48.0 cm³/mol. The van der Waals surface area contributed by atoms with Crippen LogP contribution in [0.2, 0.25) is 0 Å². The Morgan fingerprint density at radius 3 is 2.93 bits per heavy atom. The van der Waals surface area contributed by atoms with Crippen LogP contribution in [0.5, 0.6) is 0 Å². The standard InChI is InChI=1S/C8H8N4O2/c1-4-9-3-5-6(10-4)7(8(13)14)11-12(5)2/h3H,1-2H3,(H,13,14). The second-order valence-electron chi connectivity index (χ2n) is 2.93. The second kappa shape index (κ2) is 2.76. The van der Waals surface area contributed by atoms with Crippen LogP contribution in [0.4, 0.5) is 0 Å². The molecule has 6 heteroatoms. The van der Waals surface area contributed by atoms with Gasteiger partial charge in [0.05, 0.1) is 6.20 Å². The number of carbonyl (C=O) groups is 1. The average Bonchev–Trinajstić information content (AvgIpc) is 2.43. The van der Waals surface area contributed by atoms with Gasteiger partial charge in [0.2, 0.25) is 0 Å². The summed E-state index contributed by atoms with van der Waals surface area (Å²) in [7, 11) is 1.66. The van der Waals surface area contributed by atoms with E-state index in [0.29, 0.717) is 16.9 Å². The Labute approximate surface area is 79.2 Å². The van der Waals surface area contributed by atoms with Crippen molar-refractivity contribution in [1.82, 2.24) is 19.7 Å². The van der Waals surface area contributed by atoms with E-state index < -0.39 is 5.97 Å². The van der Waals surface area contributed by atoms with Crippen molar-refractivity contribution in [3.05, 3.63) is 17.7 Å². The smallest absolute Gasteiger partial charge is 0.358 e. The molecule has 0 spiro atoms. The third-order valence-electron chi connectivity index (χ3n) is 1.92. The second-order valence-corrected chi connectivity index (χ2v) is 2.93. The zero-order valence-electron chi connectivity index (χ0n) is 7.72. The number of hydrogen-bond acceptors (Lipinski definition) is 4. The van der Waals surface area contributed by atoms with E-state index in [0.717, 1.165) is 0 Å². The molecular formula is C8H8N4O2. The van der Waals surface area contributed by atoms with E-state index in [-0.39, 0.29) is 5.69 Å². The van der Waals surface area contributed by atoms with Gasteiger partial charge in [-0.3, -0.25) is 4.68 Å². The van der Waals surface area contributed by atoms with Crippen molar-refractivity contribution in [3.63, 3.8) is 0 Å². The lowest BCUT2D eigenvalue weighted by molar-refractivity contribution is 0.0691. The van der Waals surface area contributed by atoms with Crippen LogP contribution in [0.3, 0.4) is 0 Å². The quantitative estimate of drug-likeness (QED) is 0.705. The summed E-state index contributed by atoms with van der Waals surface area (Å²) in [5.74, 6) is -0.540. The number of aromatic carboxylic acids is 1. The Kier molecular flexibility index (Phi) is 1.70. The van der Waals surface area contributed by atoms with E-state index >= 15 is 0 Å². The predicted octanol–water partition coefficient (Wildman–Crippen LogP) is 0.370. The zero-order valence-corrected chi connectivity index (χ0v) is 7.72. The molecule has 0 saturated carbocycles. The number of fused-ring (bicyclic) bond motifs is 1.